The highest BCUT2D eigenvalue weighted by Crippen LogP contribution is 2.55. The lowest BCUT2D eigenvalue weighted by molar-refractivity contribution is 0.299. The van der Waals surface area contributed by atoms with Gasteiger partial charge in [0.05, 0.1) is 0 Å². The van der Waals surface area contributed by atoms with Crippen molar-refractivity contribution < 1.29 is 0 Å². The molecule has 3 nitrogen and oxygen atoms in total. The molecule has 9 rings (SSSR count). The Hall–Kier alpha value is -5.67. The van der Waals surface area contributed by atoms with Crippen molar-refractivity contribution in [1.82, 2.24) is 15.0 Å². The lowest BCUT2D eigenvalue weighted by atomic mass is 9.55. The first-order chi connectivity index (χ1) is 23.3. The van der Waals surface area contributed by atoms with E-state index in [9.17, 15) is 0 Å². The molecule has 0 radical (unpaired) electrons. The number of fused-ring (bicyclic) bond motifs is 9. The third-order valence-corrected chi connectivity index (χ3v) is 11.1. The zero-order chi connectivity index (χ0) is 32.6. The van der Waals surface area contributed by atoms with Crippen LogP contribution in [0.5, 0.6) is 0 Å². The molecule has 230 valence electrons. The van der Waals surface area contributed by atoms with Crippen LogP contribution >= 0.6 is 0 Å². The zero-order valence-corrected chi connectivity index (χ0v) is 27.6. The Morgan fingerprint density at radius 2 is 0.729 bits per heavy atom. The zero-order valence-electron chi connectivity index (χ0n) is 27.6. The molecule has 0 bridgehead atoms. The van der Waals surface area contributed by atoms with Gasteiger partial charge in [0, 0.05) is 16.7 Å². The fourth-order valence-electron chi connectivity index (χ4n) is 7.75. The maximum Gasteiger partial charge on any atom is 0.164 e. The van der Waals surface area contributed by atoms with Crippen molar-refractivity contribution in [3.05, 3.63) is 151 Å². The van der Waals surface area contributed by atoms with Gasteiger partial charge in [-0.25, -0.2) is 15.0 Å². The van der Waals surface area contributed by atoms with Gasteiger partial charge >= 0.3 is 0 Å². The van der Waals surface area contributed by atoms with Crippen molar-refractivity contribution in [2.45, 2.75) is 38.5 Å². The standard InChI is InChI=1S/C45H35N3/c1-44(2)39-24-23-30(43-47-41(28-15-7-5-8-16-28)46-42(48-43)29-17-9-6-10-18-29)25-37(39)38-26-35-33-21-13-11-19-31(33)32-20-12-14-22-34(32)36(35)27-40(38)45(44,3)4/h5-27H,1-4H3. The predicted octanol–water partition coefficient (Wildman–Crippen LogP) is 11.6. The molecule has 8 aromatic rings. The van der Waals surface area contributed by atoms with Gasteiger partial charge < -0.3 is 0 Å². The van der Waals surface area contributed by atoms with E-state index in [1.54, 1.807) is 0 Å². The number of benzene rings is 7. The second kappa shape index (κ2) is 10.4. The summed E-state index contributed by atoms with van der Waals surface area (Å²) in [6.07, 6.45) is 0. The van der Waals surface area contributed by atoms with Crippen LogP contribution < -0.4 is 0 Å². The number of rotatable bonds is 3. The van der Waals surface area contributed by atoms with E-state index in [2.05, 4.69) is 131 Å². The van der Waals surface area contributed by atoms with E-state index in [0.29, 0.717) is 17.5 Å². The van der Waals surface area contributed by atoms with Gasteiger partial charge in [-0.05, 0) is 83.6 Å². The van der Waals surface area contributed by atoms with Crippen LogP contribution in [0.3, 0.4) is 0 Å². The Balaban J connectivity index is 1.33. The summed E-state index contributed by atoms with van der Waals surface area (Å²) in [6, 6.07) is 49.8. The number of hydrogen-bond donors (Lipinski definition) is 0. The summed E-state index contributed by atoms with van der Waals surface area (Å²) >= 11 is 0. The lowest BCUT2D eigenvalue weighted by Gasteiger charge is -2.48. The van der Waals surface area contributed by atoms with Crippen LogP contribution in [0, 0.1) is 0 Å². The fourth-order valence-corrected chi connectivity index (χ4v) is 7.75. The molecule has 0 atom stereocenters. The molecule has 1 aliphatic carbocycles. The molecular weight excluding hydrogens is 583 g/mol. The first-order valence-electron chi connectivity index (χ1n) is 16.7. The highest BCUT2D eigenvalue weighted by molar-refractivity contribution is 6.26. The van der Waals surface area contributed by atoms with E-state index < -0.39 is 0 Å². The summed E-state index contributed by atoms with van der Waals surface area (Å²) in [5.41, 5.74) is 7.91. The summed E-state index contributed by atoms with van der Waals surface area (Å²) in [4.78, 5) is 15.1. The van der Waals surface area contributed by atoms with E-state index in [-0.39, 0.29) is 10.8 Å². The lowest BCUT2D eigenvalue weighted by Crippen LogP contribution is -2.43. The number of hydrogen-bond acceptors (Lipinski definition) is 3. The van der Waals surface area contributed by atoms with Crippen molar-refractivity contribution in [2.24, 2.45) is 0 Å². The average molecular weight is 618 g/mol. The molecule has 0 saturated heterocycles. The quantitative estimate of drug-likeness (QED) is 0.185. The fraction of sp³-hybridized carbons (Fsp3) is 0.133. The second-order valence-electron chi connectivity index (χ2n) is 14.1. The number of aromatic nitrogens is 3. The highest BCUT2D eigenvalue weighted by Gasteiger charge is 2.46. The molecule has 0 unspecified atom stereocenters. The molecule has 1 aromatic heterocycles. The van der Waals surface area contributed by atoms with E-state index >= 15 is 0 Å². The van der Waals surface area contributed by atoms with Crippen molar-refractivity contribution in [1.29, 1.82) is 0 Å². The largest absolute Gasteiger partial charge is 0.208 e. The van der Waals surface area contributed by atoms with Crippen molar-refractivity contribution in [3.8, 4) is 45.3 Å². The molecule has 0 saturated carbocycles. The van der Waals surface area contributed by atoms with Gasteiger partial charge in [0.15, 0.2) is 17.5 Å². The van der Waals surface area contributed by atoms with E-state index in [0.717, 1.165) is 16.7 Å². The Morgan fingerprint density at radius 3 is 1.25 bits per heavy atom. The summed E-state index contributed by atoms with van der Waals surface area (Å²) in [5, 5.41) is 7.77. The molecule has 0 fully saturated rings. The van der Waals surface area contributed by atoms with Crippen molar-refractivity contribution >= 4 is 32.3 Å². The Bertz CT molecular complexity index is 2490. The van der Waals surface area contributed by atoms with E-state index in [4.69, 9.17) is 15.0 Å². The Kier molecular flexibility index (Phi) is 6.20. The van der Waals surface area contributed by atoms with Gasteiger partial charge in [-0.3, -0.25) is 0 Å². The molecule has 1 aliphatic rings. The van der Waals surface area contributed by atoms with Crippen LogP contribution in [0.4, 0.5) is 0 Å². The molecule has 3 heteroatoms. The minimum absolute atomic E-state index is 0.119. The summed E-state index contributed by atoms with van der Waals surface area (Å²) in [6.45, 7) is 9.59. The third kappa shape index (κ3) is 4.17. The van der Waals surface area contributed by atoms with E-state index in [1.807, 2.05) is 36.4 Å². The summed E-state index contributed by atoms with van der Waals surface area (Å²) in [5.74, 6) is 2.01. The first kappa shape index (κ1) is 28.5. The normalized spacial score (nSPS) is 14.6. The topological polar surface area (TPSA) is 38.7 Å². The minimum atomic E-state index is -0.127. The monoisotopic (exact) mass is 617 g/mol. The maximum absolute atomic E-state index is 5.07. The van der Waals surface area contributed by atoms with Gasteiger partial charge in [0.25, 0.3) is 0 Å². The third-order valence-electron chi connectivity index (χ3n) is 11.1. The molecule has 48 heavy (non-hydrogen) atoms. The first-order valence-corrected chi connectivity index (χ1v) is 16.7. The smallest absolute Gasteiger partial charge is 0.164 e. The van der Waals surface area contributed by atoms with Gasteiger partial charge in [0.1, 0.15) is 0 Å². The highest BCUT2D eigenvalue weighted by atomic mass is 15.0. The van der Waals surface area contributed by atoms with Crippen molar-refractivity contribution in [2.75, 3.05) is 0 Å². The van der Waals surface area contributed by atoms with Crippen LogP contribution in [0.2, 0.25) is 0 Å². The van der Waals surface area contributed by atoms with Crippen LogP contribution in [0.25, 0.3) is 77.6 Å². The van der Waals surface area contributed by atoms with Gasteiger partial charge in [-0.2, -0.15) is 0 Å². The molecule has 7 aromatic carbocycles. The van der Waals surface area contributed by atoms with Crippen LogP contribution in [-0.4, -0.2) is 15.0 Å². The second-order valence-corrected chi connectivity index (χ2v) is 14.1. The van der Waals surface area contributed by atoms with Gasteiger partial charge in [-0.15, -0.1) is 0 Å². The SMILES string of the molecule is CC1(C)c2ccc(-c3nc(-c4ccccc4)nc(-c4ccccc4)n3)cc2-c2cc3c4ccccc4c4ccccc4c3cc2C1(C)C. The molecule has 0 amide bonds. The van der Waals surface area contributed by atoms with Crippen LogP contribution in [0.1, 0.15) is 38.8 Å². The van der Waals surface area contributed by atoms with E-state index in [1.165, 1.54) is 54.6 Å². The van der Waals surface area contributed by atoms with Crippen LogP contribution in [0.15, 0.2) is 140 Å². The molecular formula is C45H35N3. The van der Waals surface area contributed by atoms with Gasteiger partial charge in [-0.1, -0.05) is 149 Å². The Labute approximate surface area is 281 Å². The van der Waals surface area contributed by atoms with Gasteiger partial charge in [0.2, 0.25) is 0 Å². The Morgan fingerprint density at radius 1 is 0.333 bits per heavy atom. The molecule has 0 aliphatic heterocycles. The summed E-state index contributed by atoms with van der Waals surface area (Å²) < 4.78 is 0. The van der Waals surface area contributed by atoms with Crippen molar-refractivity contribution in [3.63, 3.8) is 0 Å². The molecule has 1 heterocycles. The number of nitrogens with zero attached hydrogens (tertiary/aromatic N) is 3. The maximum atomic E-state index is 5.07. The summed E-state index contributed by atoms with van der Waals surface area (Å²) in [7, 11) is 0. The molecule has 0 spiro atoms. The minimum Gasteiger partial charge on any atom is -0.208 e. The predicted molar refractivity (Wildman–Crippen MR) is 200 cm³/mol. The average Bonchev–Trinajstić information content (AvgIpc) is 3.14. The molecule has 0 N–H and O–H groups in total. The van der Waals surface area contributed by atoms with Crippen LogP contribution in [-0.2, 0) is 10.8 Å².